The van der Waals surface area contributed by atoms with E-state index in [1.165, 1.54) is 25.7 Å². The van der Waals surface area contributed by atoms with Gasteiger partial charge in [-0.2, -0.15) is 0 Å². The Bertz CT molecular complexity index is 156. The van der Waals surface area contributed by atoms with Crippen molar-refractivity contribution in [1.82, 2.24) is 0 Å². The topological polar surface area (TPSA) is 0 Å². The summed E-state index contributed by atoms with van der Waals surface area (Å²) in [7, 11) is 0. The van der Waals surface area contributed by atoms with E-state index in [-0.39, 0.29) is 0 Å². The van der Waals surface area contributed by atoms with Gasteiger partial charge >= 0.3 is 0 Å². The van der Waals surface area contributed by atoms with Crippen molar-refractivity contribution in [3.05, 3.63) is 23.8 Å². The molecule has 0 aromatic carbocycles. The van der Waals surface area contributed by atoms with E-state index in [2.05, 4.69) is 34.2 Å². The molecular formula is C10H15Br. The summed E-state index contributed by atoms with van der Waals surface area (Å²) < 4.78 is 0. The molecule has 0 saturated heterocycles. The Hall–Kier alpha value is -0.0400. The third-order valence-corrected chi connectivity index (χ3v) is 2.42. The lowest BCUT2D eigenvalue weighted by Gasteiger charge is -1.93. The van der Waals surface area contributed by atoms with Crippen LogP contribution in [0.25, 0.3) is 0 Å². The van der Waals surface area contributed by atoms with E-state index in [0.717, 1.165) is 11.8 Å². The molecule has 1 aliphatic rings. The first-order valence-corrected chi connectivity index (χ1v) is 5.44. The fraction of sp³-hybridized carbons (Fsp3) is 0.600. The molecule has 62 valence electrons. The number of halogens is 1. The van der Waals surface area contributed by atoms with Gasteiger partial charge in [-0.1, -0.05) is 39.7 Å². The number of hydrogen-bond donors (Lipinski definition) is 0. The van der Waals surface area contributed by atoms with Gasteiger partial charge < -0.3 is 0 Å². The van der Waals surface area contributed by atoms with Crippen LogP contribution in [-0.2, 0) is 0 Å². The number of hydrogen-bond acceptors (Lipinski definition) is 0. The highest BCUT2D eigenvalue weighted by Gasteiger charge is 2.00. The highest BCUT2D eigenvalue weighted by molar-refractivity contribution is 9.09. The molecule has 0 fully saturated rings. The van der Waals surface area contributed by atoms with E-state index < -0.39 is 0 Å². The molecule has 1 rings (SSSR count). The van der Waals surface area contributed by atoms with Gasteiger partial charge in [-0.05, 0) is 32.1 Å². The van der Waals surface area contributed by atoms with Gasteiger partial charge in [0.15, 0.2) is 0 Å². The van der Waals surface area contributed by atoms with E-state index in [4.69, 9.17) is 0 Å². The van der Waals surface area contributed by atoms with Crippen LogP contribution in [0, 0.1) is 0 Å². The minimum absolute atomic E-state index is 1.09. The van der Waals surface area contributed by atoms with Crippen LogP contribution in [0.5, 0.6) is 0 Å². The van der Waals surface area contributed by atoms with Crippen LogP contribution in [0.15, 0.2) is 23.8 Å². The first kappa shape index (κ1) is 9.05. The average molecular weight is 215 g/mol. The Labute approximate surface area is 77.5 Å². The molecule has 0 saturated carbocycles. The van der Waals surface area contributed by atoms with E-state index >= 15 is 0 Å². The van der Waals surface area contributed by atoms with Gasteiger partial charge in [0.1, 0.15) is 0 Å². The molecule has 0 atom stereocenters. The number of alkyl halides is 1. The predicted molar refractivity (Wildman–Crippen MR) is 54.1 cm³/mol. The molecule has 1 aliphatic carbocycles. The van der Waals surface area contributed by atoms with Crippen molar-refractivity contribution in [2.75, 3.05) is 5.33 Å². The molecule has 0 spiro atoms. The van der Waals surface area contributed by atoms with Crippen LogP contribution in [0.4, 0.5) is 0 Å². The van der Waals surface area contributed by atoms with Gasteiger partial charge in [0, 0.05) is 5.33 Å². The van der Waals surface area contributed by atoms with Crippen LogP contribution in [0.2, 0.25) is 0 Å². The van der Waals surface area contributed by atoms with E-state index in [0.29, 0.717) is 0 Å². The van der Waals surface area contributed by atoms with Crippen molar-refractivity contribution >= 4 is 15.9 Å². The van der Waals surface area contributed by atoms with Crippen LogP contribution in [-0.4, -0.2) is 5.33 Å². The molecule has 0 bridgehead atoms. The van der Waals surface area contributed by atoms with Crippen molar-refractivity contribution in [1.29, 1.82) is 0 Å². The summed E-state index contributed by atoms with van der Waals surface area (Å²) in [4.78, 5) is 0. The molecule has 1 heteroatoms. The molecule has 0 unspecified atom stereocenters. The van der Waals surface area contributed by atoms with Gasteiger partial charge in [0.05, 0.1) is 0 Å². The lowest BCUT2D eigenvalue weighted by molar-refractivity contribution is 0.892. The fourth-order valence-electron chi connectivity index (χ4n) is 1.34. The maximum absolute atomic E-state index is 3.40. The zero-order valence-electron chi connectivity index (χ0n) is 6.85. The summed E-state index contributed by atoms with van der Waals surface area (Å²) in [6, 6.07) is 0. The minimum Gasteiger partial charge on any atom is -0.0925 e. The SMILES string of the molecule is BrCC/C=C/CC1=CCCC1. The lowest BCUT2D eigenvalue weighted by atomic mass is 10.1. The maximum atomic E-state index is 3.40. The largest absolute Gasteiger partial charge is 0.0925 e. The normalized spacial score (nSPS) is 17.7. The van der Waals surface area contributed by atoms with Crippen molar-refractivity contribution in [2.45, 2.75) is 32.1 Å². The molecule has 0 N–H and O–H groups in total. The molecule has 0 nitrogen and oxygen atoms in total. The Morgan fingerprint density at radius 3 is 3.00 bits per heavy atom. The second-order valence-electron chi connectivity index (χ2n) is 2.91. The molecule has 0 heterocycles. The van der Waals surface area contributed by atoms with Crippen LogP contribution in [0.3, 0.4) is 0 Å². The summed E-state index contributed by atoms with van der Waals surface area (Å²) in [6.07, 6.45) is 13.3. The van der Waals surface area contributed by atoms with Crippen LogP contribution < -0.4 is 0 Å². The van der Waals surface area contributed by atoms with Gasteiger partial charge in [0.2, 0.25) is 0 Å². The quantitative estimate of drug-likeness (QED) is 0.493. The summed E-state index contributed by atoms with van der Waals surface area (Å²) in [5, 5.41) is 1.09. The lowest BCUT2D eigenvalue weighted by Crippen LogP contribution is -1.74. The second-order valence-corrected chi connectivity index (χ2v) is 3.70. The summed E-state index contributed by atoms with van der Waals surface area (Å²) in [6.45, 7) is 0. The van der Waals surface area contributed by atoms with Gasteiger partial charge in [0.25, 0.3) is 0 Å². The molecule has 0 aliphatic heterocycles. The molecule has 0 aromatic rings. The van der Waals surface area contributed by atoms with Crippen molar-refractivity contribution in [2.24, 2.45) is 0 Å². The summed E-state index contributed by atoms with van der Waals surface area (Å²) >= 11 is 3.40. The van der Waals surface area contributed by atoms with Crippen molar-refractivity contribution in [3.8, 4) is 0 Å². The molecule has 0 aromatic heterocycles. The van der Waals surface area contributed by atoms with Gasteiger partial charge in [-0.25, -0.2) is 0 Å². The monoisotopic (exact) mass is 214 g/mol. The van der Waals surface area contributed by atoms with Gasteiger partial charge in [-0.3, -0.25) is 0 Å². The standard InChI is InChI=1S/C10H15Br/c11-9-5-1-2-6-10-7-3-4-8-10/h1-2,7H,3-6,8-9H2/b2-1+. The van der Waals surface area contributed by atoms with Crippen LogP contribution in [0.1, 0.15) is 32.1 Å². The second kappa shape index (κ2) is 5.59. The first-order valence-electron chi connectivity index (χ1n) is 4.32. The zero-order chi connectivity index (χ0) is 7.94. The maximum Gasteiger partial charge on any atom is 0.00659 e. The summed E-state index contributed by atoms with van der Waals surface area (Å²) in [5.74, 6) is 0. The van der Waals surface area contributed by atoms with Crippen LogP contribution >= 0.6 is 15.9 Å². The van der Waals surface area contributed by atoms with E-state index in [1.807, 2.05) is 0 Å². The third kappa shape index (κ3) is 3.76. The zero-order valence-corrected chi connectivity index (χ0v) is 8.44. The Kier molecular flexibility index (Phi) is 4.60. The molecule has 11 heavy (non-hydrogen) atoms. The summed E-state index contributed by atoms with van der Waals surface area (Å²) in [5.41, 5.74) is 1.64. The number of rotatable bonds is 4. The molecule has 0 amide bonds. The number of allylic oxidation sites excluding steroid dienone is 4. The Morgan fingerprint density at radius 2 is 2.36 bits per heavy atom. The Morgan fingerprint density at radius 1 is 1.45 bits per heavy atom. The van der Waals surface area contributed by atoms with E-state index in [1.54, 1.807) is 5.57 Å². The third-order valence-electron chi connectivity index (χ3n) is 1.96. The van der Waals surface area contributed by atoms with Gasteiger partial charge in [-0.15, -0.1) is 0 Å². The Balaban J connectivity index is 2.10. The van der Waals surface area contributed by atoms with Crippen molar-refractivity contribution in [3.63, 3.8) is 0 Å². The van der Waals surface area contributed by atoms with E-state index in [9.17, 15) is 0 Å². The fourth-order valence-corrected chi connectivity index (χ4v) is 1.60. The first-order chi connectivity index (χ1) is 5.43. The average Bonchev–Trinajstić information content (AvgIpc) is 2.50. The smallest absolute Gasteiger partial charge is 0.00659 e. The molecule has 0 radical (unpaired) electrons. The highest BCUT2D eigenvalue weighted by Crippen LogP contribution is 2.20. The predicted octanol–water partition coefficient (Wildman–Crippen LogP) is 3.83. The highest BCUT2D eigenvalue weighted by atomic mass is 79.9. The van der Waals surface area contributed by atoms with Crippen molar-refractivity contribution < 1.29 is 0 Å². The minimum atomic E-state index is 1.09. The molecular weight excluding hydrogens is 200 g/mol.